The molecule has 0 bridgehead atoms. The molecule has 4 rings (SSSR count). The number of hydrogen-bond donors (Lipinski definition) is 2. The van der Waals surface area contributed by atoms with Crippen LogP contribution in [0.4, 0.5) is 4.79 Å². The first-order valence-corrected chi connectivity index (χ1v) is 10.8. The van der Waals surface area contributed by atoms with Crippen LogP contribution in [-0.2, 0) is 13.1 Å². The van der Waals surface area contributed by atoms with Crippen molar-refractivity contribution in [1.82, 2.24) is 15.5 Å². The predicted octanol–water partition coefficient (Wildman–Crippen LogP) is 4.32. The van der Waals surface area contributed by atoms with Crippen LogP contribution in [0.5, 0.6) is 0 Å². The average molecular weight is 382 g/mol. The SMILES string of the molecule is O=C(NCc1cccc(CN2CCCC2)c1)N[C@@H]1CCSc2ccccc21. The maximum atomic E-state index is 12.4. The van der Waals surface area contributed by atoms with Gasteiger partial charge in [-0.25, -0.2) is 4.79 Å². The molecule has 0 radical (unpaired) electrons. The summed E-state index contributed by atoms with van der Waals surface area (Å²) < 4.78 is 0. The summed E-state index contributed by atoms with van der Waals surface area (Å²) >= 11 is 1.87. The zero-order valence-corrected chi connectivity index (χ0v) is 16.4. The number of nitrogens with one attached hydrogen (secondary N) is 2. The number of amides is 2. The van der Waals surface area contributed by atoms with Gasteiger partial charge >= 0.3 is 6.03 Å². The standard InChI is InChI=1S/C22H27N3OS/c26-22(24-20-10-13-27-21-9-2-1-8-19(20)21)23-15-17-6-5-7-18(14-17)16-25-11-3-4-12-25/h1-2,5-9,14,20H,3-4,10-13,15-16H2,(H2,23,24,26)/t20-/m1/s1. The van der Waals surface area contributed by atoms with Crippen LogP contribution in [0.25, 0.3) is 0 Å². The van der Waals surface area contributed by atoms with Gasteiger partial charge in [0.2, 0.25) is 0 Å². The van der Waals surface area contributed by atoms with Gasteiger partial charge in [0.1, 0.15) is 0 Å². The van der Waals surface area contributed by atoms with Gasteiger partial charge < -0.3 is 10.6 Å². The van der Waals surface area contributed by atoms with E-state index in [9.17, 15) is 4.79 Å². The van der Waals surface area contributed by atoms with Crippen molar-refractivity contribution < 1.29 is 4.79 Å². The van der Waals surface area contributed by atoms with Crippen molar-refractivity contribution in [2.75, 3.05) is 18.8 Å². The summed E-state index contributed by atoms with van der Waals surface area (Å²) in [6, 6.07) is 16.9. The number of urea groups is 1. The number of likely N-dealkylation sites (tertiary alicyclic amines) is 1. The second-order valence-corrected chi connectivity index (χ2v) is 8.49. The Morgan fingerprint density at radius 2 is 1.89 bits per heavy atom. The Kier molecular flexibility index (Phi) is 6.00. The van der Waals surface area contributed by atoms with Crippen LogP contribution in [0.1, 0.15) is 42.0 Å². The second kappa shape index (κ2) is 8.81. The first-order chi connectivity index (χ1) is 13.3. The van der Waals surface area contributed by atoms with Crippen LogP contribution in [-0.4, -0.2) is 29.8 Å². The molecule has 5 heteroatoms. The summed E-state index contributed by atoms with van der Waals surface area (Å²) in [6.07, 6.45) is 3.59. The average Bonchev–Trinajstić information content (AvgIpc) is 3.20. The molecule has 2 aliphatic rings. The van der Waals surface area contributed by atoms with E-state index in [1.165, 1.54) is 42.0 Å². The van der Waals surface area contributed by atoms with E-state index >= 15 is 0 Å². The van der Waals surface area contributed by atoms with Crippen LogP contribution in [0.3, 0.4) is 0 Å². The van der Waals surface area contributed by atoms with E-state index in [4.69, 9.17) is 0 Å². The Balaban J connectivity index is 1.31. The van der Waals surface area contributed by atoms with E-state index in [1.807, 2.05) is 17.8 Å². The monoisotopic (exact) mass is 381 g/mol. The fourth-order valence-corrected chi connectivity index (χ4v) is 5.05. The zero-order valence-electron chi connectivity index (χ0n) is 15.6. The number of nitrogens with zero attached hydrogens (tertiary/aromatic N) is 1. The van der Waals surface area contributed by atoms with Crippen LogP contribution in [0, 0.1) is 0 Å². The van der Waals surface area contributed by atoms with E-state index in [0.29, 0.717) is 6.54 Å². The Hall–Kier alpha value is -1.98. The van der Waals surface area contributed by atoms with Gasteiger partial charge in [-0.3, -0.25) is 4.90 Å². The predicted molar refractivity (Wildman–Crippen MR) is 111 cm³/mol. The lowest BCUT2D eigenvalue weighted by molar-refractivity contribution is 0.236. The van der Waals surface area contributed by atoms with Gasteiger partial charge in [-0.2, -0.15) is 0 Å². The van der Waals surface area contributed by atoms with Crippen molar-refractivity contribution in [3.63, 3.8) is 0 Å². The minimum Gasteiger partial charge on any atom is -0.334 e. The fourth-order valence-electron chi connectivity index (χ4n) is 3.92. The van der Waals surface area contributed by atoms with Gasteiger partial charge in [-0.05, 0) is 55.1 Å². The molecule has 2 heterocycles. The lowest BCUT2D eigenvalue weighted by Gasteiger charge is -2.26. The lowest BCUT2D eigenvalue weighted by Crippen LogP contribution is -2.38. The van der Waals surface area contributed by atoms with E-state index in [-0.39, 0.29) is 12.1 Å². The summed E-state index contributed by atoms with van der Waals surface area (Å²) in [5.41, 5.74) is 3.72. The highest BCUT2D eigenvalue weighted by atomic mass is 32.2. The molecule has 2 amide bonds. The van der Waals surface area contributed by atoms with Crippen LogP contribution in [0.15, 0.2) is 53.4 Å². The normalized spacial score (nSPS) is 19.5. The molecular weight excluding hydrogens is 354 g/mol. The summed E-state index contributed by atoms with van der Waals surface area (Å²) in [7, 11) is 0. The Morgan fingerprint density at radius 1 is 1.07 bits per heavy atom. The van der Waals surface area contributed by atoms with Crippen molar-refractivity contribution in [3.8, 4) is 0 Å². The summed E-state index contributed by atoms with van der Waals surface area (Å²) in [4.78, 5) is 16.2. The summed E-state index contributed by atoms with van der Waals surface area (Å²) in [5, 5.41) is 6.17. The van der Waals surface area contributed by atoms with Gasteiger partial charge in [-0.1, -0.05) is 42.5 Å². The highest BCUT2D eigenvalue weighted by molar-refractivity contribution is 7.99. The van der Waals surface area contributed by atoms with Crippen molar-refractivity contribution >= 4 is 17.8 Å². The van der Waals surface area contributed by atoms with Gasteiger partial charge in [0.15, 0.2) is 0 Å². The molecule has 0 aliphatic carbocycles. The number of carbonyl (C=O) groups is 1. The first kappa shape index (κ1) is 18.4. The number of carbonyl (C=O) groups excluding carboxylic acids is 1. The number of benzene rings is 2. The smallest absolute Gasteiger partial charge is 0.315 e. The highest BCUT2D eigenvalue weighted by Gasteiger charge is 2.21. The summed E-state index contributed by atoms with van der Waals surface area (Å²) in [5.74, 6) is 1.04. The van der Waals surface area contributed by atoms with Crippen molar-refractivity contribution in [2.24, 2.45) is 0 Å². The maximum Gasteiger partial charge on any atom is 0.315 e. The molecule has 0 unspecified atom stereocenters. The molecule has 1 saturated heterocycles. The van der Waals surface area contributed by atoms with Crippen LogP contribution < -0.4 is 10.6 Å². The molecule has 0 aromatic heterocycles. The number of rotatable bonds is 5. The van der Waals surface area contributed by atoms with E-state index < -0.39 is 0 Å². The number of hydrogen-bond acceptors (Lipinski definition) is 3. The zero-order chi connectivity index (χ0) is 18.5. The van der Waals surface area contributed by atoms with E-state index in [0.717, 1.165) is 24.3 Å². The topological polar surface area (TPSA) is 44.4 Å². The van der Waals surface area contributed by atoms with Gasteiger partial charge in [-0.15, -0.1) is 11.8 Å². The highest BCUT2D eigenvalue weighted by Crippen LogP contribution is 2.35. The van der Waals surface area contributed by atoms with E-state index in [1.54, 1.807) is 0 Å². The molecule has 0 spiro atoms. The quantitative estimate of drug-likeness (QED) is 0.811. The third kappa shape index (κ3) is 4.85. The van der Waals surface area contributed by atoms with Crippen molar-refractivity contribution in [1.29, 1.82) is 0 Å². The van der Waals surface area contributed by atoms with Crippen molar-refractivity contribution in [2.45, 2.75) is 43.3 Å². The van der Waals surface area contributed by atoms with Gasteiger partial charge in [0.05, 0.1) is 6.04 Å². The Morgan fingerprint density at radius 3 is 2.78 bits per heavy atom. The summed E-state index contributed by atoms with van der Waals surface area (Å²) in [6.45, 7) is 3.97. The second-order valence-electron chi connectivity index (χ2n) is 7.36. The molecule has 0 saturated carbocycles. The van der Waals surface area contributed by atoms with E-state index in [2.05, 4.69) is 58.0 Å². The molecule has 1 atom stereocenters. The lowest BCUT2D eigenvalue weighted by atomic mass is 10.0. The molecule has 2 aromatic carbocycles. The minimum absolute atomic E-state index is 0.0911. The number of thioether (sulfide) groups is 1. The van der Waals surface area contributed by atoms with Gasteiger partial charge in [0.25, 0.3) is 0 Å². The third-order valence-corrected chi connectivity index (χ3v) is 6.44. The molecule has 2 N–H and O–H groups in total. The van der Waals surface area contributed by atoms with Crippen molar-refractivity contribution in [3.05, 3.63) is 65.2 Å². The van der Waals surface area contributed by atoms with Crippen LogP contribution >= 0.6 is 11.8 Å². The molecular formula is C22H27N3OS. The minimum atomic E-state index is -0.0911. The third-order valence-electron chi connectivity index (χ3n) is 5.31. The maximum absolute atomic E-state index is 12.4. The van der Waals surface area contributed by atoms with Crippen LogP contribution in [0.2, 0.25) is 0 Å². The molecule has 27 heavy (non-hydrogen) atoms. The fraction of sp³-hybridized carbons (Fsp3) is 0.409. The Bertz CT molecular complexity index is 789. The Labute approximate surface area is 165 Å². The molecule has 2 aliphatic heterocycles. The molecule has 1 fully saturated rings. The first-order valence-electron chi connectivity index (χ1n) is 9.84. The van der Waals surface area contributed by atoms with Gasteiger partial charge in [0, 0.05) is 23.7 Å². The number of fused-ring (bicyclic) bond motifs is 1. The molecule has 2 aromatic rings. The molecule has 4 nitrogen and oxygen atoms in total. The molecule has 142 valence electrons. The largest absolute Gasteiger partial charge is 0.334 e.